The Bertz CT molecular complexity index is 850. The van der Waals surface area contributed by atoms with E-state index < -0.39 is 0 Å². The molecule has 0 bridgehead atoms. The van der Waals surface area contributed by atoms with Crippen LogP contribution in [0.3, 0.4) is 0 Å². The Morgan fingerprint density at radius 2 is 1.65 bits per heavy atom. The third-order valence-electron chi connectivity index (χ3n) is 4.96. The van der Waals surface area contributed by atoms with E-state index in [0.717, 1.165) is 23.4 Å². The standard InChI is InChI=1S/C22H28N4/c1-5-22(3,4)23-15-20-21(18-12-7-6-8-13-18)25-26(24-20)16-19-14-10-9-11-17(19)2/h6-14,23H,5,15-16H2,1-4H3. The van der Waals surface area contributed by atoms with Gasteiger partial charge in [0, 0.05) is 17.6 Å². The molecule has 0 saturated heterocycles. The van der Waals surface area contributed by atoms with Gasteiger partial charge in [0.1, 0.15) is 11.4 Å². The molecule has 0 radical (unpaired) electrons. The van der Waals surface area contributed by atoms with Crippen molar-refractivity contribution < 1.29 is 0 Å². The molecule has 1 aromatic heterocycles. The van der Waals surface area contributed by atoms with Crippen molar-refractivity contribution in [1.82, 2.24) is 20.3 Å². The zero-order chi connectivity index (χ0) is 18.6. The maximum absolute atomic E-state index is 4.81. The fourth-order valence-corrected chi connectivity index (χ4v) is 2.78. The second kappa shape index (κ2) is 7.83. The van der Waals surface area contributed by atoms with Gasteiger partial charge in [-0.05, 0) is 38.3 Å². The maximum Gasteiger partial charge on any atom is 0.117 e. The van der Waals surface area contributed by atoms with Crippen molar-refractivity contribution >= 4 is 0 Å². The minimum absolute atomic E-state index is 0.0771. The second-order valence-corrected chi connectivity index (χ2v) is 7.41. The Kier molecular flexibility index (Phi) is 5.52. The van der Waals surface area contributed by atoms with Crippen molar-refractivity contribution in [3.8, 4) is 11.3 Å². The Morgan fingerprint density at radius 3 is 2.35 bits per heavy atom. The van der Waals surface area contributed by atoms with Crippen LogP contribution in [0.1, 0.15) is 44.0 Å². The van der Waals surface area contributed by atoms with E-state index in [4.69, 9.17) is 10.2 Å². The second-order valence-electron chi connectivity index (χ2n) is 7.41. The van der Waals surface area contributed by atoms with E-state index in [-0.39, 0.29) is 5.54 Å². The molecule has 3 rings (SSSR count). The molecule has 0 unspecified atom stereocenters. The molecule has 0 aliphatic heterocycles. The van der Waals surface area contributed by atoms with Gasteiger partial charge in [0.05, 0.1) is 6.54 Å². The number of hydrogen-bond donors (Lipinski definition) is 1. The van der Waals surface area contributed by atoms with Crippen molar-refractivity contribution in [2.75, 3.05) is 0 Å². The van der Waals surface area contributed by atoms with Crippen LogP contribution in [0.4, 0.5) is 0 Å². The van der Waals surface area contributed by atoms with Crippen LogP contribution in [-0.2, 0) is 13.1 Å². The topological polar surface area (TPSA) is 42.7 Å². The first-order valence-electron chi connectivity index (χ1n) is 9.27. The van der Waals surface area contributed by atoms with Crippen molar-refractivity contribution in [3.05, 3.63) is 71.4 Å². The van der Waals surface area contributed by atoms with Crippen molar-refractivity contribution in [2.45, 2.75) is 52.7 Å². The van der Waals surface area contributed by atoms with E-state index in [0.29, 0.717) is 13.1 Å². The van der Waals surface area contributed by atoms with Crippen LogP contribution < -0.4 is 5.32 Å². The molecule has 0 atom stereocenters. The lowest BCUT2D eigenvalue weighted by Gasteiger charge is -2.24. The molecular weight excluding hydrogens is 320 g/mol. The molecule has 0 saturated carbocycles. The molecular formula is C22H28N4. The van der Waals surface area contributed by atoms with Crippen LogP contribution in [0.2, 0.25) is 0 Å². The minimum Gasteiger partial charge on any atom is -0.306 e. The van der Waals surface area contributed by atoms with Crippen molar-refractivity contribution in [1.29, 1.82) is 0 Å². The highest BCUT2D eigenvalue weighted by Gasteiger charge is 2.18. The normalized spacial score (nSPS) is 11.7. The summed E-state index contributed by atoms with van der Waals surface area (Å²) >= 11 is 0. The first kappa shape index (κ1) is 18.3. The van der Waals surface area contributed by atoms with Gasteiger partial charge in [0.15, 0.2) is 0 Å². The molecule has 4 nitrogen and oxygen atoms in total. The number of nitrogens with one attached hydrogen (secondary N) is 1. The van der Waals surface area contributed by atoms with E-state index in [1.165, 1.54) is 11.1 Å². The highest BCUT2D eigenvalue weighted by molar-refractivity contribution is 5.60. The first-order chi connectivity index (χ1) is 12.5. The first-order valence-corrected chi connectivity index (χ1v) is 9.27. The fraction of sp³-hybridized carbons (Fsp3) is 0.364. The van der Waals surface area contributed by atoms with E-state index in [9.17, 15) is 0 Å². The number of aryl methyl sites for hydroxylation is 1. The van der Waals surface area contributed by atoms with Crippen LogP contribution in [0.15, 0.2) is 54.6 Å². The molecule has 0 aliphatic rings. The van der Waals surface area contributed by atoms with Crippen LogP contribution in [0.5, 0.6) is 0 Å². The molecule has 4 heteroatoms. The third kappa shape index (κ3) is 4.38. The van der Waals surface area contributed by atoms with Gasteiger partial charge in [-0.25, -0.2) is 0 Å². The number of nitrogens with zero attached hydrogens (tertiary/aromatic N) is 3. The van der Waals surface area contributed by atoms with Gasteiger partial charge < -0.3 is 5.32 Å². The molecule has 1 heterocycles. The van der Waals surface area contributed by atoms with E-state index >= 15 is 0 Å². The summed E-state index contributed by atoms with van der Waals surface area (Å²) in [6.07, 6.45) is 1.06. The third-order valence-corrected chi connectivity index (χ3v) is 4.96. The van der Waals surface area contributed by atoms with Crippen LogP contribution in [0.25, 0.3) is 11.3 Å². The molecule has 1 N–H and O–H groups in total. The van der Waals surface area contributed by atoms with Gasteiger partial charge in [-0.3, -0.25) is 0 Å². The lowest BCUT2D eigenvalue weighted by Crippen LogP contribution is -2.38. The van der Waals surface area contributed by atoms with Crippen molar-refractivity contribution in [2.24, 2.45) is 0 Å². The number of hydrogen-bond acceptors (Lipinski definition) is 3. The highest BCUT2D eigenvalue weighted by Crippen LogP contribution is 2.21. The largest absolute Gasteiger partial charge is 0.306 e. The van der Waals surface area contributed by atoms with Gasteiger partial charge in [-0.2, -0.15) is 15.0 Å². The molecule has 2 aromatic carbocycles. The fourth-order valence-electron chi connectivity index (χ4n) is 2.78. The molecule has 136 valence electrons. The predicted octanol–water partition coefficient (Wildman–Crippen LogP) is 4.58. The van der Waals surface area contributed by atoms with Crippen LogP contribution in [-0.4, -0.2) is 20.5 Å². The Morgan fingerprint density at radius 1 is 0.962 bits per heavy atom. The Labute approximate surface area is 156 Å². The summed E-state index contributed by atoms with van der Waals surface area (Å²) in [5.41, 5.74) is 5.64. The summed E-state index contributed by atoms with van der Waals surface area (Å²) in [6, 6.07) is 18.7. The summed E-state index contributed by atoms with van der Waals surface area (Å²) < 4.78 is 0. The summed E-state index contributed by atoms with van der Waals surface area (Å²) in [5, 5.41) is 13.2. The smallest absolute Gasteiger partial charge is 0.117 e. The van der Waals surface area contributed by atoms with Gasteiger partial charge in [-0.1, -0.05) is 61.5 Å². The Balaban J connectivity index is 1.91. The monoisotopic (exact) mass is 348 g/mol. The molecule has 0 spiro atoms. The Hall–Kier alpha value is -2.46. The van der Waals surface area contributed by atoms with Crippen LogP contribution >= 0.6 is 0 Å². The quantitative estimate of drug-likeness (QED) is 0.679. The molecule has 26 heavy (non-hydrogen) atoms. The lowest BCUT2D eigenvalue weighted by atomic mass is 10.0. The predicted molar refractivity (Wildman–Crippen MR) is 107 cm³/mol. The molecule has 0 aliphatic carbocycles. The molecule has 0 fully saturated rings. The average molecular weight is 348 g/mol. The number of aromatic nitrogens is 3. The van der Waals surface area contributed by atoms with Gasteiger partial charge in [0.25, 0.3) is 0 Å². The zero-order valence-corrected chi connectivity index (χ0v) is 16.2. The maximum atomic E-state index is 4.81. The van der Waals surface area contributed by atoms with Crippen LogP contribution in [0, 0.1) is 6.92 Å². The van der Waals surface area contributed by atoms with E-state index in [1.807, 2.05) is 23.0 Å². The summed E-state index contributed by atoms with van der Waals surface area (Å²) in [6.45, 7) is 10.1. The summed E-state index contributed by atoms with van der Waals surface area (Å²) in [4.78, 5) is 1.82. The molecule has 0 amide bonds. The molecule has 3 aromatic rings. The lowest BCUT2D eigenvalue weighted by molar-refractivity contribution is 0.371. The zero-order valence-electron chi connectivity index (χ0n) is 16.2. The average Bonchev–Trinajstić information content (AvgIpc) is 3.06. The van der Waals surface area contributed by atoms with E-state index in [2.05, 4.69) is 69.4 Å². The van der Waals surface area contributed by atoms with Gasteiger partial charge in [0.2, 0.25) is 0 Å². The SMILES string of the molecule is CCC(C)(C)NCc1nn(Cc2ccccc2C)nc1-c1ccccc1. The summed E-state index contributed by atoms with van der Waals surface area (Å²) in [7, 11) is 0. The van der Waals surface area contributed by atoms with Gasteiger partial charge >= 0.3 is 0 Å². The van der Waals surface area contributed by atoms with Gasteiger partial charge in [-0.15, -0.1) is 0 Å². The minimum atomic E-state index is 0.0771. The summed E-state index contributed by atoms with van der Waals surface area (Å²) in [5.74, 6) is 0. The van der Waals surface area contributed by atoms with E-state index in [1.54, 1.807) is 0 Å². The highest BCUT2D eigenvalue weighted by atomic mass is 15.5. The number of rotatable bonds is 7. The number of benzene rings is 2. The van der Waals surface area contributed by atoms with Crippen molar-refractivity contribution in [3.63, 3.8) is 0 Å².